The van der Waals surface area contributed by atoms with Gasteiger partial charge in [0.15, 0.2) is 17.3 Å². The maximum Gasteiger partial charge on any atom is 0.424 e. The molecule has 0 saturated heterocycles. The van der Waals surface area contributed by atoms with E-state index in [1.807, 2.05) is 60.7 Å². The van der Waals surface area contributed by atoms with Crippen LogP contribution in [0.15, 0.2) is 103 Å². The number of methoxy groups -OCH3 is 3. The molecule has 0 N–H and O–H groups in total. The van der Waals surface area contributed by atoms with E-state index in [-0.39, 0.29) is 11.5 Å². The molecule has 0 spiro atoms. The zero-order chi connectivity index (χ0) is 26.9. The number of carbonyl (C=O) groups is 2. The molecule has 0 aliphatic carbocycles. The lowest BCUT2D eigenvalue weighted by atomic mass is 10.1. The van der Waals surface area contributed by atoms with Crippen LogP contribution in [0.1, 0.15) is 15.9 Å². The van der Waals surface area contributed by atoms with Gasteiger partial charge in [0.05, 0.1) is 38.3 Å². The van der Waals surface area contributed by atoms with E-state index < -0.39 is 6.09 Å². The number of amides is 1. The summed E-state index contributed by atoms with van der Waals surface area (Å²) in [6, 6.07) is 28.5. The van der Waals surface area contributed by atoms with Crippen molar-refractivity contribution < 1.29 is 28.5 Å². The third-order valence-electron chi connectivity index (χ3n) is 5.70. The van der Waals surface area contributed by atoms with Gasteiger partial charge in [-0.05, 0) is 60.2 Å². The summed E-state index contributed by atoms with van der Waals surface area (Å²) in [6.07, 6.45) is 2.50. The number of benzene rings is 4. The van der Waals surface area contributed by atoms with Gasteiger partial charge in [-0.3, -0.25) is 4.79 Å². The Bertz CT molecular complexity index is 1390. The van der Waals surface area contributed by atoms with Crippen LogP contribution in [0, 0.1) is 0 Å². The Morgan fingerprint density at radius 1 is 0.658 bits per heavy atom. The number of rotatable bonds is 9. The predicted octanol–water partition coefficient (Wildman–Crippen LogP) is 6.95. The lowest BCUT2D eigenvalue weighted by Crippen LogP contribution is -2.29. The minimum atomic E-state index is -0.592. The number of hydrogen-bond acceptors (Lipinski definition) is 6. The highest BCUT2D eigenvalue weighted by Crippen LogP contribution is 2.32. The molecule has 0 aliphatic heterocycles. The smallest absolute Gasteiger partial charge is 0.424 e. The molecule has 0 heterocycles. The largest absolute Gasteiger partial charge is 0.497 e. The summed E-state index contributed by atoms with van der Waals surface area (Å²) >= 11 is 0. The molecule has 38 heavy (non-hydrogen) atoms. The average Bonchev–Trinajstić information content (AvgIpc) is 2.97. The number of para-hydroxylation sites is 2. The molecule has 192 valence electrons. The second-order valence-corrected chi connectivity index (χ2v) is 8.05. The number of nitrogens with zero attached hydrogens (tertiary/aromatic N) is 1. The highest BCUT2D eigenvalue weighted by molar-refractivity contribution is 6.08. The van der Waals surface area contributed by atoms with E-state index in [4.69, 9.17) is 18.9 Å². The Morgan fingerprint density at radius 2 is 1.29 bits per heavy atom. The number of ketones is 1. The molecule has 0 aliphatic rings. The van der Waals surface area contributed by atoms with Gasteiger partial charge in [0, 0.05) is 6.07 Å². The number of ether oxygens (including phenoxy) is 4. The predicted molar refractivity (Wildman–Crippen MR) is 147 cm³/mol. The molecule has 4 aromatic rings. The van der Waals surface area contributed by atoms with E-state index in [9.17, 15) is 9.59 Å². The lowest BCUT2D eigenvalue weighted by molar-refractivity contribution is 0.104. The SMILES string of the molecule is COc1ccc(C(=O)/C=C/c2ccc(OC(=O)N(c3ccccc3)c3ccccc3)c(OC)c2)c(OC)c1. The fourth-order valence-corrected chi connectivity index (χ4v) is 3.79. The first kappa shape index (κ1) is 26.0. The summed E-state index contributed by atoms with van der Waals surface area (Å²) in [5.41, 5.74) is 2.42. The quantitative estimate of drug-likeness (QED) is 0.180. The van der Waals surface area contributed by atoms with Crippen LogP contribution >= 0.6 is 0 Å². The van der Waals surface area contributed by atoms with Crippen LogP contribution in [-0.2, 0) is 0 Å². The molecule has 0 atom stereocenters. The van der Waals surface area contributed by atoms with E-state index >= 15 is 0 Å². The average molecular weight is 510 g/mol. The van der Waals surface area contributed by atoms with Crippen molar-refractivity contribution in [1.82, 2.24) is 0 Å². The van der Waals surface area contributed by atoms with Crippen molar-refractivity contribution in [3.63, 3.8) is 0 Å². The van der Waals surface area contributed by atoms with Gasteiger partial charge < -0.3 is 18.9 Å². The van der Waals surface area contributed by atoms with Gasteiger partial charge in [0.25, 0.3) is 0 Å². The minimum Gasteiger partial charge on any atom is -0.497 e. The van der Waals surface area contributed by atoms with E-state index in [0.29, 0.717) is 39.8 Å². The van der Waals surface area contributed by atoms with Gasteiger partial charge >= 0.3 is 6.09 Å². The van der Waals surface area contributed by atoms with Crippen LogP contribution in [0.4, 0.5) is 16.2 Å². The fraction of sp³-hybridized carbons (Fsp3) is 0.0968. The molecule has 0 bridgehead atoms. The Kier molecular flexibility index (Phi) is 8.41. The van der Waals surface area contributed by atoms with Crippen molar-refractivity contribution in [2.75, 3.05) is 26.2 Å². The summed E-state index contributed by atoms with van der Waals surface area (Å²) in [5.74, 6) is 1.36. The van der Waals surface area contributed by atoms with Crippen LogP contribution in [0.25, 0.3) is 6.08 Å². The number of carbonyl (C=O) groups excluding carboxylic acids is 2. The van der Waals surface area contributed by atoms with E-state index in [0.717, 1.165) is 0 Å². The Hall–Kier alpha value is -5.04. The third kappa shape index (κ3) is 6.02. The van der Waals surface area contributed by atoms with Gasteiger partial charge in [-0.15, -0.1) is 0 Å². The van der Waals surface area contributed by atoms with Crippen molar-refractivity contribution in [1.29, 1.82) is 0 Å². The summed E-state index contributed by atoms with van der Waals surface area (Å²) in [7, 11) is 4.53. The zero-order valence-corrected chi connectivity index (χ0v) is 21.3. The number of anilines is 2. The van der Waals surface area contributed by atoms with Gasteiger partial charge in [-0.1, -0.05) is 48.5 Å². The molecule has 0 saturated carbocycles. The van der Waals surface area contributed by atoms with Crippen molar-refractivity contribution >= 4 is 29.3 Å². The highest BCUT2D eigenvalue weighted by atomic mass is 16.6. The molecule has 7 heteroatoms. The first-order chi connectivity index (χ1) is 18.5. The standard InChI is InChI=1S/C31H27NO6/c1-35-25-16-17-26(29(21-25)36-2)27(33)18-14-22-15-19-28(30(20-22)37-3)38-31(34)32(23-10-6-4-7-11-23)24-12-8-5-9-13-24/h4-21H,1-3H3/b18-14+. The van der Waals surface area contributed by atoms with Gasteiger partial charge in [0.2, 0.25) is 0 Å². The van der Waals surface area contributed by atoms with Crippen LogP contribution in [0.2, 0.25) is 0 Å². The summed E-state index contributed by atoms with van der Waals surface area (Å²) in [5, 5.41) is 0. The summed E-state index contributed by atoms with van der Waals surface area (Å²) in [4.78, 5) is 27.6. The van der Waals surface area contributed by atoms with Crippen molar-refractivity contribution in [3.05, 3.63) is 114 Å². The van der Waals surface area contributed by atoms with Gasteiger partial charge in [-0.2, -0.15) is 0 Å². The third-order valence-corrected chi connectivity index (χ3v) is 5.70. The number of allylic oxidation sites excluding steroid dienone is 1. The second-order valence-electron chi connectivity index (χ2n) is 8.05. The first-order valence-corrected chi connectivity index (χ1v) is 11.8. The van der Waals surface area contributed by atoms with Crippen LogP contribution in [-0.4, -0.2) is 33.2 Å². The molecule has 0 aromatic heterocycles. The van der Waals surface area contributed by atoms with Gasteiger partial charge in [0.1, 0.15) is 11.5 Å². The number of hydrogen-bond donors (Lipinski definition) is 0. The minimum absolute atomic E-state index is 0.236. The topological polar surface area (TPSA) is 74.3 Å². The molecule has 0 radical (unpaired) electrons. The molecule has 4 aromatic carbocycles. The van der Waals surface area contributed by atoms with Crippen molar-refractivity contribution in [2.45, 2.75) is 0 Å². The molecule has 1 amide bonds. The zero-order valence-electron chi connectivity index (χ0n) is 21.3. The Balaban J connectivity index is 1.55. The molecule has 0 fully saturated rings. The molecular formula is C31H27NO6. The van der Waals surface area contributed by atoms with E-state index in [2.05, 4.69) is 0 Å². The maximum absolute atomic E-state index is 13.3. The molecular weight excluding hydrogens is 482 g/mol. The van der Waals surface area contributed by atoms with E-state index in [1.165, 1.54) is 25.2 Å². The Labute approximate surface area is 221 Å². The molecule has 4 rings (SSSR count). The molecule has 0 unspecified atom stereocenters. The summed E-state index contributed by atoms with van der Waals surface area (Å²) in [6.45, 7) is 0. The first-order valence-electron chi connectivity index (χ1n) is 11.8. The highest BCUT2D eigenvalue weighted by Gasteiger charge is 2.21. The summed E-state index contributed by atoms with van der Waals surface area (Å²) < 4.78 is 21.7. The molecule has 7 nitrogen and oxygen atoms in total. The maximum atomic E-state index is 13.3. The van der Waals surface area contributed by atoms with Gasteiger partial charge in [-0.25, -0.2) is 9.69 Å². The van der Waals surface area contributed by atoms with Crippen LogP contribution in [0.3, 0.4) is 0 Å². The fourth-order valence-electron chi connectivity index (χ4n) is 3.79. The second kappa shape index (κ2) is 12.3. The van der Waals surface area contributed by atoms with Crippen LogP contribution in [0.5, 0.6) is 23.0 Å². The van der Waals surface area contributed by atoms with E-state index in [1.54, 1.807) is 49.6 Å². The van der Waals surface area contributed by atoms with Crippen molar-refractivity contribution in [2.24, 2.45) is 0 Å². The Morgan fingerprint density at radius 3 is 1.87 bits per heavy atom. The van der Waals surface area contributed by atoms with Crippen LogP contribution < -0.4 is 23.8 Å². The normalized spacial score (nSPS) is 10.6. The van der Waals surface area contributed by atoms with Crippen molar-refractivity contribution in [3.8, 4) is 23.0 Å². The lowest BCUT2D eigenvalue weighted by Gasteiger charge is -2.22. The monoisotopic (exact) mass is 509 g/mol.